The maximum atomic E-state index is 15.1. The molecular weight excluding hydrogens is 421 g/mol. The molecular formula is C26H28FN3O3. The molecule has 3 aliphatic rings. The van der Waals surface area contributed by atoms with Gasteiger partial charge >= 0.3 is 0 Å². The number of imide groups is 1. The normalized spacial score (nSPS) is 21.9. The number of rotatable bonds is 4. The molecule has 2 saturated heterocycles. The van der Waals surface area contributed by atoms with E-state index in [2.05, 4.69) is 35.3 Å². The highest BCUT2D eigenvalue weighted by Crippen LogP contribution is 2.35. The SMILES string of the molecule is Cc1ccccc1CN1CCC(c2cc3c(cc2F)C(=O)N(C2CCC(=O)NC2=O)C3)CC1. The number of aryl methyl sites for hydroxylation is 1. The van der Waals surface area contributed by atoms with Crippen LogP contribution in [0.1, 0.15) is 64.2 Å². The van der Waals surface area contributed by atoms with Crippen LogP contribution < -0.4 is 5.32 Å². The van der Waals surface area contributed by atoms with Gasteiger partial charge in [0.05, 0.1) is 0 Å². The fourth-order valence-electron chi connectivity index (χ4n) is 5.35. The number of hydrogen-bond donors (Lipinski definition) is 1. The van der Waals surface area contributed by atoms with Crippen molar-refractivity contribution in [2.24, 2.45) is 0 Å². The topological polar surface area (TPSA) is 69.7 Å². The van der Waals surface area contributed by atoms with Crippen LogP contribution in [0.3, 0.4) is 0 Å². The molecule has 3 aliphatic heterocycles. The molecule has 1 atom stereocenters. The van der Waals surface area contributed by atoms with E-state index in [4.69, 9.17) is 0 Å². The van der Waals surface area contributed by atoms with Crippen molar-refractivity contribution in [2.75, 3.05) is 13.1 Å². The Morgan fingerprint density at radius 1 is 1.06 bits per heavy atom. The smallest absolute Gasteiger partial charge is 0.255 e. The van der Waals surface area contributed by atoms with Crippen molar-refractivity contribution < 1.29 is 18.8 Å². The first-order valence-corrected chi connectivity index (χ1v) is 11.6. The molecule has 7 heteroatoms. The molecule has 0 radical (unpaired) electrons. The summed E-state index contributed by atoms with van der Waals surface area (Å²) in [5.41, 5.74) is 4.38. The third-order valence-electron chi connectivity index (χ3n) is 7.32. The van der Waals surface area contributed by atoms with E-state index in [0.717, 1.165) is 38.0 Å². The van der Waals surface area contributed by atoms with Crippen LogP contribution in [0.25, 0.3) is 0 Å². The number of halogens is 1. The maximum absolute atomic E-state index is 15.1. The summed E-state index contributed by atoms with van der Waals surface area (Å²) in [6, 6.07) is 10.9. The predicted molar refractivity (Wildman–Crippen MR) is 121 cm³/mol. The number of piperidine rings is 2. The van der Waals surface area contributed by atoms with Gasteiger partial charge in [0, 0.05) is 25.1 Å². The first kappa shape index (κ1) is 21.8. The van der Waals surface area contributed by atoms with Crippen LogP contribution in [-0.2, 0) is 22.7 Å². The number of likely N-dealkylation sites (tertiary alicyclic amines) is 1. The number of hydrogen-bond acceptors (Lipinski definition) is 4. The summed E-state index contributed by atoms with van der Waals surface area (Å²) in [5.74, 6) is -1.33. The molecule has 2 aromatic carbocycles. The molecule has 172 valence electrons. The fourth-order valence-corrected chi connectivity index (χ4v) is 5.35. The van der Waals surface area contributed by atoms with E-state index in [1.165, 1.54) is 22.1 Å². The highest BCUT2D eigenvalue weighted by molar-refractivity contribution is 6.05. The zero-order valence-electron chi connectivity index (χ0n) is 18.8. The highest BCUT2D eigenvalue weighted by atomic mass is 19.1. The van der Waals surface area contributed by atoms with Crippen LogP contribution in [0.2, 0.25) is 0 Å². The second-order valence-electron chi connectivity index (χ2n) is 9.41. The van der Waals surface area contributed by atoms with Gasteiger partial charge in [-0.05, 0) is 73.5 Å². The Hall–Kier alpha value is -3.06. The predicted octanol–water partition coefficient (Wildman–Crippen LogP) is 3.27. The minimum absolute atomic E-state index is 0.114. The lowest BCUT2D eigenvalue weighted by molar-refractivity contribution is -0.136. The van der Waals surface area contributed by atoms with Crippen LogP contribution in [0.15, 0.2) is 36.4 Å². The van der Waals surface area contributed by atoms with Crippen molar-refractivity contribution in [3.63, 3.8) is 0 Å². The van der Waals surface area contributed by atoms with Gasteiger partial charge in [-0.2, -0.15) is 0 Å². The average Bonchev–Trinajstić information content (AvgIpc) is 3.11. The van der Waals surface area contributed by atoms with E-state index in [1.807, 2.05) is 12.1 Å². The quantitative estimate of drug-likeness (QED) is 0.728. The Labute approximate surface area is 192 Å². The van der Waals surface area contributed by atoms with Gasteiger partial charge in [-0.15, -0.1) is 0 Å². The zero-order valence-corrected chi connectivity index (χ0v) is 18.8. The van der Waals surface area contributed by atoms with E-state index in [1.54, 1.807) is 0 Å². The largest absolute Gasteiger partial charge is 0.322 e. The van der Waals surface area contributed by atoms with Crippen LogP contribution >= 0.6 is 0 Å². The lowest BCUT2D eigenvalue weighted by Crippen LogP contribution is -2.52. The monoisotopic (exact) mass is 449 g/mol. The van der Waals surface area contributed by atoms with Crippen LogP contribution in [0.4, 0.5) is 4.39 Å². The molecule has 3 amide bonds. The number of nitrogens with one attached hydrogen (secondary N) is 1. The minimum atomic E-state index is -0.682. The molecule has 5 rings (SSSR count). The Morgan fingerprint density at radius 3 is 2.55 bits per heavy atom. The molecule has 0 spiro atoms. The Morgan fingerprint density at radius 2 is 1.82 bits per heavy atom. The highest BCUT2D eigenvalue weighted by Gasteiger charge is 2.40. The summed E-state index contributed by atoms with van der Waals surface area (Å²) in [6.07, 6.45) is 2.25. The van der Waals surface area contributed by atoms with Gasteiger partial charge in [-0.25, -0.2) is 4.39 Å². The molecule has 33 heavy (non-hydrogen) atoms. The number of amides is 3. The van der Waals surface area contributed by atoms with E-state index in [9.17, 15) is 14.4 Å². The van der Waals surface area contributed by atoms with Crippen LogP contribution in [0.5, 0.6) is 0 Å². The summed E-state index contributed by atoms with van der Waals surface area (Å²) in [4.78, 5) is 40.5. The summed E-state index contributed by atoms with van der Waals surface area (Å²) in [7, 11) is 0. The summed E-state index contributed by atoms with van der Waals surface area (Å²) in [6.45, 7) is 5.11. The molecule has 3 heterocycles. The van der Waals surface area contributed by atoms with Crippen molar-refractivity contribution in [3.05, 3.63) is 70.0 Å². The van der Waals surface area contributed by atoms with E-state index in [-0.39, 0.29) is 36.5 Å². The summed E-state index contributed by atoms with van der Waals surface area (Å²) >= 11 is 0. The molecule has 6 nitrogen and oxygen atoms in total. The molecule has 2 fully saturated rings. The maximum Gasteiger partial charge on any atom is 0.255 e. The third-order valence-corrected chi connectivity index (χ3v) is 7.32. The Bertz CT molecular complexity index is 1120. The molecule has 0 bridgehead atoms. The molecule has 1 N–H and O–H groups in total. The summed E-state index contributed by atoms with van der Waals surface area (Å²) in [5, 5.41) is 2.30. The van der Waals surface area contributed by atoms with Crippen LogP contribution in [-0.4, -0.2) is 46.7 Å². The van der Waals surface area contributed by atoms with Gasteiger partial charge in [0.25, 0.3) is 5.91 Å². The first-order valence-electron chi connectivity index (χ1n) is 11.6. The van der Waals surface area contributed by atoms with Crippen molar-refractivity contribution in [1.29, 1.82) is 0 Å². The minimum Gasteiger partial charge on any atom is -0.322 e. The second-order valence-corrected chi connectivity index (χ2v) is 9.41. The molecule has 2 aromatic rings. The van der Waals surface area contributed by atoms with Gasteiger partial charge in [0.1, 0.15) is 11.9 Å². The van der Waals surface area contributed by atoms with Crippen molar-refractivity contribution in [2.45, 2.75) is 57.7 Å². The summed E-state index contributed by atoms with van der Waals surface area (Å²) < 4.78 is 15.1. The van der Waals surface area contributed by atoms with E-state index in [0.29, 0.717) is 17.5 Å². The molecule has 1 unspecified atom stereocenters. The number of carbonyl (C=O) groups is 3. The van der Waals surface area contributed by atoms with Gasteiger partial charge in [0.15, 0.2) is 0 Å². The zero-order chi connectivity index (χ0) is 23.1. The second kappa shape index (κ2) is 8.71. The van der Waals surface area contributed by atoms with E-state index >= 15 is 4.39 Å². The molecule has 0 aromatic heterocycles. The lowest BCUT2D eigenvalue weighted by Gasteiger charge is -2.32. The van der Waals surface area contributed by atoms with Crippen molar-refractivity contribution in [1.82, 2.24) is 15.1 Å². The first-order chi connectivity index (χ1) is 15.9. The third kappa shape index (κ3) is 4.17. The van der Waals surface area contributed by atoms with Crippen molar-refractivity contribution >= 4 is 17.7 Å². The van der Waals surface area contributed by atoms with Gasteiger partial charge < -0.3 is 4.90 Å². The Balaban J connectivity index is 1.27. The Kier molecular flexibility index (Phi) is 5.74. The average molecular weight is 450 g/mol. The lowest BCUT2D eigenvalue weighted by atomic mass is 9.87. The molecule has 0 aliphatic carbocycles. The fraction of sp³-hybridized carbons (Fsp3) is 0.423. The number of benzene rings is 2. The number of fused-ring (bicyclic) bond motifs is 1. The van der Waals surface area contributed by atoms with Gasteiger partial charge in [-0.3, -0.25) is 24.6 Å². The number of nitrogens with zero attached hydrogens (tertiary/aromatic N) is 2. The van der Waals surface area contributed by atoms with Crippen LogP contribution in [0, 0.1) is 12.7 Å². The van der Waals surface area contributed by atoms with Gasteiger partial charge in [-0.1, -0.05) is 30.3 Å². The standard InChI is InChI=1S/C26H28FN3O3/c1-16-4-2-3-5-18(16)14-29-10-8-17(9-11-29)20-12-19-15-30(26(33)21(19)13-22(20)27)23-6-7-24(31)28-25(23)32/h2-5,12-13,17,23H,6-11,14-15H2,1H3,(H,28,31,32). The van der Waals surface area contributed by atoms with Crippen molar-refractivity contribution in [3.8, 4) is 0 Å². The molecule has 0 saturated carbocycles. The van der Waals surface area contributed by atoms with Gasteiger partial charge in [0.2, 0.25) is 11.8 Å². The van der Waals surface area contributed by atoms with E-state index < -0.39 is 11.9 Å². The number of carbonyl (C=O) groups excluding carboxylic acids is 3.